The maximum Gasteiger partial charge on any atom is 0.408 e. The van der Waals surface area contributed by atoms with Gasteiger partial charge in [0.15, 0.2) is 5.65 Å². The van der Waals surface area contributed by atoms with Gasteiger partial charge in [0.05, 0.1) is 36.6 Å². The predicted molar refractivity (Wildman–Crippen MR) is 170 cm³/mol. The van der Waals surface area contributed by atoms with Crippen molar-refractivity contribution in [3.8, 4) is 0 Å². The van der Waals surface area contributed by atoms with Gasteiger partial charge >= 0.3 is 18.4 Å². The van der Waals surface area contributed by atoms with Crippen LogP contribution in [0.4, 0.5) is 31.5 Å². The molecule has 2 fully saturated rings. The quantitative estimate of drug-likeness (QED) is 0.169. The summed E-state index contributed by atoms with van der Waals surface area (Å²) in [6.45, 7) is 4.91. The zero-order valence-corrected chi connectivity index (χ0v) is 27.7. The van der Waals surface area contributed by atoms with Gasteiger partial charge in [0.25, 0.3) is 0 Å². The molecule has 2 amide bonds. The number of hydrogen-bond donors (Lipinski definition) is 3. The van der Waals surface area contributed by atoms with E-state index in [1.54, 1.807) is 69.6 Å². The fraction of sp³-hybridized carbons (Fsp3) is 0.588. The highest BCUT2D eigenvalue weighted by molar-refractivity contribution is 5.68. The van der Waals surface area contributed by atoms with Crippen molar-refractivity contribution in [2.75, 3.05) is 6.54 Å². The summed E-state index contributed by atoms with van der Waals surface area (Å²) in [4.78, 5) is 29.9. The molecule has 49 heavy (non-hydrogen) atoms. The van der Waals surface area contributed by atoms with Gasteiger partial charge in [-0.2, -0.15) is 18.3 Å². The third kappa shape index (κ3) is 11.0. The molecule has 5 rings (SSSR count). The summed E-state index contributed by atoms with van der Waals surface area (Å²) in [6, 6.07) is 8.22. The number of benzene rings is 1. The van der Waals surface area contributed by atoms with Crippen molar-refractivity contribution < 1.29 is 41.0 Å². The molecule has 2 aromatic heterocycles. The van der Waals surface area contributed by atoms with Crippen LogP contribution >= 0.6 is 0 Å². The topological polar surface area (TPSA) is 119 Å². The molecule has 3 atom stereocenters. The second kappa shape index (κ2) is 14.9. The lowest BCUT2D eigenvalue weighted by molar-refractivity contribution is -0.139. The lowest BCUT2D eigenvalue weighted by Gasteiger charge is -2.33. The summed E-state index contributed by atoms with van der Waals surface area (Å²) in [5.74, 6) is -2.93. The Balaban J connectivity index is 1.30. The average Bonchev–Trinajstić information content (AvgIpc) is 3.75. The van der Waals surface area contributed by atoms with Gasteiger partial charge in [-0.3, -0.25) is 0 Å². The molecule has 3 aromatic rings. The highest BCUT2D eigenvalue weighted by Crippen LogP contribution is 2.43. The number of nitrogens with one attached hydrogen (secondary N) is 3. The van der Waals surface area contributed by atoms with Crippen molar-refractivity contribution in [2.24, 2.45) is 11.8 Å². The number of fused-ring (bicyclic) bond motifs is 1. The molecule has 0 radical (unpaired) electrons. The second-order valence-corrected chi connectivity index (χ2v) is 14.0. The summed E-state index contributed by atoms with van der Waals surface area (Å²) in [6.07, 6.45) is -2.72. The van der Waals surface area contributed by atoms with E-state index in [2.05, 4.69) is 21.0 Å². The van der Waals surface area contributed by atoms with E-state index in [-0.39, 0.29) is 56.7 Å². The Hall–Kier alpha value is -4.01. The Morgan fingerprint density at radius 2 is 1.65 bits per heavy atom. The fourth-order valence-electron chi connectivity index (χ4n) is 6.13. The summed E-state index contributed by atoms with van der Waals surface area (Å²) in [5, 5.41) is 12.9. The van der Waals surface area contributed by atoms with E-state index in [1.807, 2.05) is 0 Å². The summed E-state index contributed by atoms with van der Waals surface area (Å²) >= 11 is 0. The summed E-state index contributed by atoms with van der Waals surface area (Å²) in [5.41, 5.74) is 1.48. The highest BCUT2D eigenvalue weighted by Gasteiger charge is 2.40. The van der Waals surface area contributed by atoms with E-state index in [1.165, 1.54) is 4.52 Å². The molecule has 2 aliphatic carbocycles. The van der Waals surface area contributed by atoms with Crippen LogP contribution in [-0.4, -0.2) is 57.1 Å². The lowest BCUT2D eigenvalue weighted by Crippen LogP contribution is -2.45. The normalized spacial score (nSPS) is 18.8. The first-order valence-electron chi connectivity index (χ1n) is 16.5. The third-order valence-electron chi connectivity index (χ3n) is 8.63. The van der Waals surface area contributed by atoms with Gasteiger partial charge in [-0.25, -0.2) is 27.9 Å². The molecule has 268 valence electrons. The van der Waals surface area contributed by atoms with Crippen molar-refractivity contribution in [3.05, 3.63) is 65.6 Å². The average molecular weight is 695 g/mol. The number of amides is 2. The molecule has 1 aromatic carbocycles. The van der Waals surface area contributed by atoms with Crippen LogP contribution < -0.4 is 16.0 Å². The Kier molecular flexibility index (Phi) is 11.0. The first-order valence-corrected chi connectivity index (χ1v) is 16.5. The number of ether oxygens (including phenoxy) is 2. The van der Waals surface area contributed by atoms with Gasteiger partial charge < -0.3 is 25.4 Å². The largest absolute Gasteiger partial charge is 0.445 e. The van der Waals surface area contributed by atoms with Crippen LogP contribution in [0.15, 0.2) is 48.8 Å². The summed E-state index contributed by atoms with van der Waals surface area (Å²) in [7, 11) is 0. The number of nitrogens with zero attached hydrogens (tertiary/aromatic N) is 3. The maximum absolute atomic E-state index is 14.0. The Morgan fingerprint density at radius 1 is 0.980 bits per heavy atom. The monoisotopic (exact) mass is 694 g/mol. The SMILES string of the molecule is CC(C)(C)OC(=O)N[C@H](c1cn2ncc([C@H](NCC(CC(F)(F)F)NC(=O)OCc3ccccc3)C3CC3)cc2n1)C1CCC(F)(F)CC1. The number of aromatic nitrogens is 3. The molecular weight excluding hydrogens is 651 g/mol. The van der Waals surface area contributed by atoms with Crippen molar-refractivity contribution in [1.29, 1.82) is 0 Å². The van der Waals surface area contributed by atoms with E-state index < -0.39 is 48.4 Å². The molecule has 2 heterocycles. The number of halogens is 5. The molecule has 15 heteroatoms. The number of carbonyl (C=O) groups is 2. The van der Waals surface area contributed by atoms with Gasteiger partial charge in [-0.15, -0.1) is 0 Å². The van der Waals surface area contributed by atoms with E-state index in [4.69, 9.17) is 14.5 Å². The molecule has 2 saturated carbocycles. The number of carbonyl (C=O) groups excluding carboxylic acids is 2. The lowest BCUT2D eigenvalue weighted by atomic mass is 9.81. The zero-order chi connectivity index (χ0) is 35.4. The number of hydrogen-bond acceptors (Lipinski definition) is 7. The molecule has 0 saturated heterocycles. The molecule has 0 spiro atoms. The number of alkyl halides is 5. The van der Waals surface area contributed by atoms with E-state index in [9.17, 15) is 31.5 Å². The minimum Gasteiger partial charge on any atom is -0.445 e. The number of rotatable bonds is 12. The van der Waals surface area contributed by atoms with Crippen molar-refractivity contribution in [1.82, 2.24) is 30.5 Å². The van der Waals surface area contributed by atoms with Crippen LogP contribution in [0.25, 0.3) is 5.65 Å². The summed E-state index contributed by atoms with van der Waals surface area (Å²) < 4.78 is 80.6. The maximum atomic E-state index is 14.0. The van der Waals surface area contributed by atoms with Crippen LogP contribution in [0, 0.1) is 11.8 Å². The molecule has 1 unspecified atom stereocenters. The molecule has 2 aliphatic rings. The molecule has 0 aliphatic heterocycles. The van der Waals surface area contributed by atoms with Gasteiger partial charge in [0.1, 0.15) is 12.2 Å². The first-order chi connectivity index (χ1) is 23.0. The second-order valence-electron chi connectivity index (χ2n) is 14.0. The Labute approximate surface area is 281 Å². The van der Waals surface area contributed by atoms with E-state index in [0.29, 0.717) is 22.5 Å². The van der Waals surface area contributed by atoms with Crippen LogP contribution in [0.1, 0.15) is 94.6 Å². The molecule has 10 nitrogen and oxygen atoms in total. The smallest absolute Gasteiger partial charge is 0.408 e. The third-order valence-corrected chi connectivity index (χ3v) is 8.63. The first kappa shape index (κ1) is 36.3. The van der Waals surface area contributed by atoms with Crippen LogP contribution in [-0.2, 0) is 16.1 Å². The Morgan fingerprint density at radius 3 is 2.29 bits per heavy atom. The van der Waals surface area contributed by atoms with Crippen molar-refractivity contribution in [3.63, 3.8) is 0 Å². The van der Waals surface area contributed by atoms with Gasteiger partial charge in [-0.1, -0.05) is 30.3 Å². The minimum atomic E-state index is -4.53. The van der Waals surface area contributed by atoms with E-state index in [0.717, 1.165) is 12.8 Å². The standard InChI is InChI=1S/C34H43F5N6O4/c1-32(2,3)49-31(47)44-29(23-11-13-33(35,36)14-12-23)26-19-45-27(43-26)15-24(17-41-45)28(22-9-10-22)40-18-25(16-34(37,38)39)42-30(46)48-20-21-7-5-4-6-8-21/h4-8,15,17,19,22-23,25,28-29,40H,9-14,16,18,20H2,1-3H3,(H,42,46)(H,44,47)/t25?,28-,29+/m1/s1. The minimum absolute atomic E-state index is 0.0805. The van der Waals surface area contributed by atoms with Crippen LogP contribution in [0.5, 0.6) is 0 Å². The number of imidazole rings is 1. The number of alkyl carbamates (subject to hydrolysis) is 2. The zero-order valence-electron chi connectivity index (χ0n) is 27.7. The molecular formula is C34H43F5N6O4. The van der Waals surface area contributed by atoms with Crippen LogP contribution in [0.3, 0.4) is 0 Å². The van der Waals surface area contributed by atoms with Crippen molar-refractivity contribution in [2.45, 2.75) is 108 Å². The Bertz CT molecular complexity index is 1560. The fourth-order valence-corrected chi connectivity index (χ4v) is 6.13. The van der Waals surface area contributed by atoms with E-state index >= 15 is 0 Å². The molecule has 0 bridgehead atoms. The predicted octanol–water partition coefficient (Wildman–Crippen LogP) is 7.41. The van der Waals surface area contributed by atoms with Crippen LogP contribution in [0.2, 0.25) is 0 Å². The van der Waals surface area contributed by atoms with Crippen molar-refractivity contribution >= 4 is 17.8 Å². The van der Waals surface area contributed by atoms with Gasteiger partial charge in [0.2, 0.25) is 5.92 Å². The highest BCUT2D eigenvalue weighted by atomic mass is 19.4. The molecule has 3 N–H and O–H groups in total. The van der Waals surface area contributed by atoms with Gasteiger partial charge in [0, 0.05) is 25.4 Å². The van der Waals surface area contributed by atoms with Gasteiger partial charge in [-0.05, 0) is 75.5 Å².